The monoisotopic (exact) mass is 438 g/mol. The van der Waals surface area contributed by atoms with E-state index in [1.165, 1.54) is 7.11 Å². The van der Waals surface area contributed by atoms with Crippen molar-refractivity contribution >= 4 is 31.2 Å². The Hall–Kier alpha value is -2.68. The van der Waals surface area contributed by atoms with E-state index >= 15 is 0 Å². The zero-order valence-electron chi connectivity index (χ0n) is 15.7. The maximum absolute atomic E-state index is 13.0. The fourth-order valence-electron chi connectivity index (χ4n) is 3.10. The van der Waals surface area contributed by atoms with Gasteiger partial charge < -0.3 is 0 Å². The van der Waals surface area contributed by atoms with E-state index in [2.05, 4.69) is 0 Å². The number of rotatable bonds is 8. The van der Waals surface area contributed by atoms with Crippen LogP contribution in [0.15, 0.2) is 91.0 Å². The number of carbonyl (C=O) groups excluding carboxylic acids is 2. The number of ether oxygens (including phenoxy) is 1. The van der Waals surface area contributed by atoms with E-state index in [1.807, 2.05) is 91.0 Å². The van der Waals surface area contributed by atoms with E-state index in [4.69, 9.17) is 4.74 Å². The van der Waals surface area contributed by atoms with Crippen LogP contribution in [0, 0.1) is 0 Å². The summed E-state index contributed by atoms with van der Waals surface area (Å²) >= 11 is -0.161. The molecule has 3 rings (SSSR count). The van der Waals surface area contributed by atoms with Gasteiger partial charge in [-0.05, 0) is 0 Å². The minimum absolute atomic E-state index is 0.0345. The first-order valence-corrected chi connectivity index (χ1v) is 11.0. The number of benzene rings is 3. The summed E-state index contributed by atoms with van der Waals surface area (Å²) in [5.74, 6) is -0.465. The van der Waals surface area contributed by atoms with Gasteiger partial charge in [-0.1, -0.05) is 0 Å². The van der Waals surface area contributed by atoms with Gasteiger partial charge in [0.05, 0.1) is 0 Å². The van der Waals surface area contributed by atoms with Crippen molar-refractivity contribution < 1.29 is 14.3 Å². The SMILES string of the molecule is COC(=O)[C@@H]([Se]c1ccccc1)[C@H](CC(=O)c1ccccc1)c1ccccc1. The Morgan fingerprint density at radius 1 is 0.821 bits per heavy atom. The normalized spacial score (nSPS) is 12.8. The van der Waals surface area contributed by atoms with Crippen molar-refractivity contribution in [2.45, 2.75) is 17.2 Å². The minimum atomic E-state index is -0.380. The van der Waals surface area contributed by atoms with Crippen LogP contribution in [0.4, 0.5) is 0 Å². The molecule has 0 saturated carbocycles. The molecule has 0 amide bonds. The molecule has 0 radical (unpaired) electrons. The molecule has 0 aromatic heterocycles. The van der Waals surface area contributed by atoms with Gasteiger partial charge >= 0.3 is 172 Å². The molecular weight excluding hydrogens is 415 g/mol. The summed E-state index contributed by atoms with van der Waals surface area (Å²) in [5.41, 5.74) is 1.65. The van der Waals surface area contributed by atoms with Crippen LogP contribution in [0.1, 0.15) is 28.3 Å². The Balaban J connectivity index is 1.95. The average Bonchev–Trinajstić information content (AvgIpc) is 2.77. The third-order valence-electron chi connectivity index (χ3n) is 4.53. The Kier molecular flexibility index (Phi) is 7.18. The summed E-state index contributed by atoms with van der Waals surface area (Å²) in [4.78, 5) is 25.3. The number of hydrogen-bond donors (Lipinski definition) is 0. The Morgan fingerprint density at radius 3 is 1.93 bits per heavy atom. The van der Waals surface area contributed by atoms with Crippen molar-refractivity contribution in [3.8, 4) is 0 Å². The zero-order valence-corrected chi connectivity index (χ0v) is 17.4. The molecule has 3 nitrogen and oxygen atoms in total. The van der Waals surface area contributed by atoms with Crippen LogP contribution in [-0.2, 0) is 9.53 Å². The second-order valence-electron chi connectivity index (χ2n) is 6.39. The molecule has 4 heteroatoms. The Labute approximate surface area is 171 Å². The van der Waals surface area contributed by atoms with E-state index < -0.39 is 0 Å². The third kappa shape index (κ3) is 5.19. The number of hydrogen-bond acceptors (Lipinski definition) is 3. The first-order chi connectivity index (χ1) is 13.7. The van der Waals surface area contributed by atoms with Gasteiger partial charge in [0.25, 0.3) is 0 Å². The van der Waals surface area contributed by atoms with E-state index in [0.29, 0.717) is 5.56 Å². The van der Waals surface area contributed by atoms with E-state index in [-0.39, 0.29) is 43.9 Å². The Bertz CT molecular complexity index is 895. The number of esters is 1. The van der Waals surface area contributed by atoms with Crippen molar-refractivity contribution in [2.75, 3.05) is 7.11 Å². The third-order valence-corrected chi connectivity index (χ3v) is 7.30. The first kappa shape index (κ1) is 20.1. The summed E-state index contributed by atoms with van der Waals surface area (Å²) in [6.07, 6.45) is 0.266. The summed E-state index contributed by atoms with van der Waals surface area (Å²) in [6.45, 7) is 0. The van der Waals surface area contributed by atoms with Gasteiger partial charge in [0.1, 0.15) is 0 Å². The van der Waals surface area contributed by atoms with Crippen molar-refractivity contribution in [3.63, 3.8) is 0 Å². The average molecular weight is 437 g/mol. The molecule has 0 unspecified atom stereocenters. The van der Waals surface area contributed by atoms with Crippen molar-refractivity contribution in [1.29, 1.82) is 0 Å². The molecular formula is C24H22O3Se. The molecule has 0 aliphatic rings. The van der Waals surface area contributed by atoms with Gasteiger partial charge in [0.15, 0.2) is 0 Å². The molecule has 0 spiro atoms. The van der Waals surface area contributed by atoms with Gasteiger partial charge in [-0.3, -0.25) is 0 Å². The van der Waals surface area contributed by atoms with Crippen molar-refractivity contribution in [2.24, 2.45) is 0 Å². The fourth-order valence-corrected chi connectivity index (χ4v) is 5.65. The first-order valence-electron chi connectivity index (χ1n) is 9.11. The molecule has 3 aromatic rings. The molecule has 0 aliphatic heterocycles. The van der Waals surface area contributed by atoms with Crippen LogP contribution in [-0.4, -0.2) is 33.8 Å². The quantitative estimate of drug-likeness (QED) is 0.304. The van der Waals surface area contributed by atoms with Gasteiger partial charge in [0, 0.05) is 0 Å². The van der Waals surface area contributed by atoms with Crippen LogP contribution in [0.3, 0.4) is 0 Å². The molecule has 0 heterocycles. The van der Waals surface area contributed by atoms with Gasteiger partial charge in [0.2, 0.25) is 0 Å². The van der Waals surface area contributed by atoms with E-state index in [1.54, 1.807) is 0 Å². The fraction of sp³-hybridized carbons (Fsp3) is 0.167. The number of Topliss-reactive ketones (excluding diaryl/α,β-unsaturated/α-hetero) is 1. The topological polar surface area (TPSA) is 43.4 Å². The molecule has 0 aliphatic carbocycles. The number of methoxy groups -OCH3 is 1. The van der Waals surface area contributed by atoms with E-state index in [0.717, 1.165) is 10.0 Å². The predicted molar refractivity (Wildman–Crippen MR) is 112 cm³/mol. The zero-order chi connectivity index (χ0) is 19.8. The van der Waals surface area contributed by atoms with Crippen molar-refractivity contribution in [1.82, 2.24) is 0 Å². The van der Waals surface area contributed by atoms with Crippen LogP contribution in [0.5, 0.6) is 0 Å². The number of carbonyl (C=O) groups is 2. The van der Waals surface area contributed by atoms with Gasteiger partial charge in [-0.15, -0.1) is 0 Å². The summed E-state index contributed by atoms with van der Waals surface area (Å²) in [5, 5.41) is 0. The standard InChI is InChI=1S/C24H22O3Se/c1-27-24(26)23(28-20-15-9-4-10-16-20)21(18-11-5-2-6-12-18)17-22(25)19-13-7-3-8-14-19/h2-16,21,23H,17H2,1H3/t21-,23+/m1/s1. The summed E-state index contributed by atoms with van der Waals surface area (Å²) in [6, 6.07) is 29.0. The predicted octanol–water partition coefficient (Wildman–Crippen LogP) is 4.03. The summed E-state index contributed by atoms with van der Waals surface area (Å²) in [7, 11) is 1.41. The second kappa shape index (κ2) is 10.0. The molecule has 0 N–H and O–H groups in total. The summed E-state index contributed by atoms with van der Waals surface area (Å²) < 4.78 is 6.25. The van der Waals surface area contributed by atoms with E-state index in [9.17, 15) is 9.59 Å². The molecule has 0 saturated heterocycles. The van der Waals surface area contributed by atoms with Crippen LogP contribution in [0.2, 0.25) is 4.82 Å². The molecule has 2 atom stereocenters. The maximum atomic E-state index is 13.0. The molecule has 3 aromatic carbocycles. The molecule has 142 valence electrons. The molecule has 28 heavy (non-hydrogen) atoms. The Morgan fingerprint density at radius 2 is 1.36 bits per heavy atom. The van der Waals surface area contributed by atoms with Crippen LogP contribution >= 0.6 is 0 Å². The van der Waals surface area contributed by atoms with Gasteiger partial charge in [-0.2, -0.15) is 0 Å². The second-order valence-corrected chi connectivity index (χ2v) is 8.93. The molecule has 0 fully saturated rings. The molecule has 0 bridgehead atoms. The number of ketones is 1. The van der Waals surface area contributed by atoms with Crippen LogP contribution in [0.25, 0.3) is 0 Å². The van der Waals surface area contributed by atoms with Crippen molar-refractivity contribution in [3.05, 3.63) is 102 Å². The van der Waals surface area contributed by atoms with Crippen LogP contribution < -0.4 is 4.46 Å². The van der Waals surface area contributed by atoms with Gasteiger partial charge in [-0.25, -0.2) is 0 Å².